The second kappa shape index (κ2) is 7.07. The first-order chi connectivity index (χ1) is 12.8. The Bertz CT molecular complexity index is 882. The molecule has 0 radical (unpaired) electrons. The number of aryl methyl sites for hydroxylation is 2. The Morgan fingerprint density at radius 1 is 1.37 bits per heavy atom. The average molecular weight is 373 g/mol. The van der Waals surface area contributed by atoms with Gasteiger partial charge in [0.05, 0.1) is 25.4 Å². The number of carbonyl (C=O) groups is 2. The Morgan fingerprint density at radius 2 is 2.07 bits per heavy atom. The van der Waals surface area contributed by atoms with E-state index in [2.05, 4.69) is 16.7 Å². The van der Waals surface area contributed by atoms with Crippen molar-refractivity contribution in [2.75, 3.05) is 33.9 Å². The summed E-state index contributed by atoms with van der Waals surface area (Å²) in [4.78, 5) is 33.1. The van der Waals surface area contributed by atoms with E-state index in [1.54, 1.807) is 11.7 Å². The van der Waals surface area contributed by atoms with E-state index in [-0.39, 0.29) is 19.1 Å². The van der Waals surface area contributed by atoms with Crippen LogP contribution in [-0.4, -0.2) is 87.8 Å². The smallest absolute Gasteiger partial charge is 0.383 e. The third-order valence-corrected chi connectivity index (χ3v) is 4.55. The molecule has 1 fully saturated rings. The zero-order valence-corrected chi connectivity index (χ0v) is 16.4. The summed E-state index contributed by atoms with van der Waals surface area (Å²) in [6, 6.07) is 0.840. The zero-order valence-electron chi connectivity index (χ0n) is 16.4. The molecule has 1 saturated heterocycles. The standard InChI is InChI=1S/C18H25N6O3/c1-11(2)10-23-14-15(19-17(23)24-13(4)9-12(3)20-24)21(5)18(26)22(16(14)25)7-8-27-6/h9,14H,1,7-8,10H2,2-6H3/q+1. The van der Waals surface area contributed by atoms with E-state index in [0.29, 0.717) is 18.3 Å². The second-order valence-corrected chi connectivity index (χ2v) is 6.92. The number of likely N-dealkylation sites (N-methyl/N-ethyl adjacent to an activating group) is 1. The lowest BCUT2D eigenvalue weighted by atomic mass is 10.1. The van der Waals surface area contributed by atoms with Crippen LogP contribution >= 0.6 is 0 Å². The van der Waals surface area contributed by atoms with E-state index in [1.165, 1.54) is 16.9 Å². The maximum atomic E-state index is 13.2. The summed E-state index contributed by atoms with van der Waals surface area (Å²) >= 11 is 0. The molecule has 144 valence electrons. The maximum absolute atomic E-state index is 13.2. The van der Waals surface area contributed by atoms with Crippen molar-refractivity contribution in [3.05, 3.63) is 29.6 Å². The van der Waals surface area contributed by atoms with Crippen molar-refractivity contribution in [3.63, 3.8) is 0 Å². The van der Waals surface area contributed by atoms with Gasteiger partial charge in [0, 0.05) is 14.2 Å². The van der Waals surface area contributed by atoms with E-state index < -0.39 is 12.1 Å². The lowest BCUT2D eigenvalue weighted by molar-refractivity contribution is -0.529. The summed E-state index contributed by atoms with van der Waals surface area (Å²) in [6.45, 7) is 10.6. The normalized spacial score (nSPS) is 19.7. The minimum absolute atomic E-state index is 0.193. The van der Waals surface area contributed by atoms with Crippen LogP contribution in [-0.2, 0) is 9.53 Å². The fourth-order valence-electron chi connectivity index (χ4n) is 3.35. The number of methoxy groups -OCH3 is 1. The SMILES string of the molecule is C=C(C)C[N+]1=C(n2nc(C)cc2C)N=C2C1C(=O)N(CCOC)C(=O)N2C. The Kier molecular flexibility index (Phi) is 4.97. The largest absolute Gasteiger partial charge is 0.421 e. The Balaban J connectivity index is 2.11. The lowest BCUT2D eigenvalue weighted by Gasteiger charge is -2.34. The predicted octanol–water partition coefficient (Wildman–Crippen LogP) is 0.614. The Morgan fingerprint density at radius 3 is 2.63 bits per heavy atom. The van der Waals surface area contributed by atoms with Gasteiger partial charge in [0.2, 0.25) is 11.9 Å². The molecule has 1 aromatic rings. The molecule has 1 atom stereocenters. The van der Waals surface area contributed by atoms with Gasteiger partial charge in [-0.05, 0) is 32.4 Å². The number of ether oxygens (including phenoxy) is 1. The number of carbonyl (C=O) groups excluding carboxylic acids is 2. The first-order valence-corrected chi connectivity index (χ1v) is 8.74. The summed E-state index contributed by atoms with van der Waals surface area (Å²) in [5.74, 6) is 0.611. The fraction of sp³-hybridized carbons (Fsp3) is 0.500. The van der Waals surface area contributed by atoms with Crippen molar-refractivity contribution in [1.29, 1.82) is 0 Å². The van der Waals surface area contributed by atoms with E-state index in [0.717, 1.165) is 17.0 Å². The molecule has 3 amide bonds. The highest BCUT2D eigenvalue weighted by Crippen LogP contribution is 2.21. The van der Waals surface area contributed by atoms with Crippen molar-refractivity contribution in [2.24, 2.45) is 4.99 Å². The molecule has 0 spiro atoms. The first kappa shape index (κ1) is 19.0. The molecular weight excluding hydrogens is 348 g/mol. The van der Waals surface area contributed by atoms with Gasteiger partial charge in [-0.3, -0.25) is 14.6 Å². The van der Waals surface area contributed by atoms with E-state index >= 15 is 0 Å². The van der Waals surface area contributed by atoms with Crippen LogP contribution in [0.15, 0.2) is 23.2 Å². The number of amidine groups is 1. The highest BCUT2D eigenvalue weighted by Gasteiger charge is 2.53. The first-order valence-electron chi connectivity index (χ1n) is 8.74. The molecule has 3 heterocycles. The number of rotatable bonds is 5. The highest BCUT2D eigenvalue weighted by molar-refractivity contribution is 6.23. The number of urea groups is 1. The molecule has 0 aliphatic carbocycles. The Labute approximate surface area is 158 Å². The molecule has 0 bridgehead atoms. The van der Waals surface area contributed by atoms with Crippen LogP contribution in [0.25, 0.3) is 0 Å². The van der Waals surface area contributed by atoms with Crippen LogP contribution in [0.3, 0.4) is 0 Å². The third-order valence-electron chi connectivity index (χ3n) is 4.55. The summed E-state index contributed by atoms with van der Waals surface area (Å²) in [7, 11) is 3.16. The van der Waals surface area contributed by atoms with Crippen LogP contribution < -0.4 is 0 Å². The van der Waals surface area contributed by atoms with E-state index in [9.17, 15) is 9.59 Å². The zero-order chi connectivity index (χ0) is 19.9. The van der Waals surface area contributed by atoms with Gasteiger partial charge in [0.15, 0.2) is 0 Å². The third kappa shape index (κ3) is 3.18. The van der Waals surface area contributed by atoms with Crippen molar-refractivity contribution < 1.29 is 18.9 Å². The van der Waals surface area contributed by atoms with Crippen LogP contribution in [0.4, 0.5) is 4.79 Å². The molecule has 0 N–H and O–H groups in total. The number of amides is 3. The lowest BCUT2D eigenvalue weighted by Crippen LogP contribution is -2.63. The van der Waals surface area contributed by atoms with Gasteiger partial charge in [0.1, 0.15) is 5.69 Å². The van der Waals surface area contributed by atoms with Gasteiger partial charge in [-0.25, -0.2) is 9.37 Å². The van der Waals surface area contributed by atoms with Crippen molar-refractivity contribution >= 4 is 23.7 Å². The van der Waals surface area contributed by atoms with Crippen molar-refractivity contribution in [2.45, 2.75) is 26.8 Å². The molecular formula is C18H25N6O3+. The monoisotopic (exact) mass is 373 g/mol. The number of hydrogen-bond acceptors (Lipinski definition) is 5. The van der Waals surface area contributed by atoms with Gasteiger partial charge in [0.25, 0.3) is 5.91 Å². The summed E-state index contributed by atoms with van der Waals surface area (Å²) < 4.78 is 8.60. The number of aromatic nitrogens is 2. The number of hydrogen-bond donors (Lipinski definition) is 0. The number of imide groups is 1. The number of aliphatic imine (C=N–C) groups is 1. The summed E-state index contributed by atoms with van der Waals surface area (Å²) in [5, 5.41) is 4.50. The molecule has 9 nitrogen and oxygen atoms in total. The average Bonchev–Trinajstić information content (AvgIpc) is 3.12. The molecule has 0 saturated carbocycles. The number of fused-ring (bicyclic) bond motifs is 1. The minimum atomic E-state index is -0.694. The Hall–Kier alpha value is -2.81. The molecule has 2 aliphatic heterocycles. The van der Waals surface area contributed by atoms with Crippen LogP contribution in [0.2, 0.25) is 0 Å². The van der Waals surface area contributed by atoms with E-state index in [4.69, 9.17) is 4.74 Å². The molecule has 1 unspecified atom stereocenters. The molecule has 2 aliphatic rings. The van der Waals surface area contributed by atoms with Gasteiger partial charge in [-0.2, -0.15) is 0 Å². The highest BCUT2D eigenvalue weighted by atomic mass is 16.5. The van der Waals surface area contributed by atoms with E-state index in [1.807, 2.05) is 31.4 Å². The van der Waals surface area contributed by atoms with Crippen LogP contribution in [0, 0.1) is 13.8 Å². The molecule has 27 heavy (non-hydrogen) atoms. The summed E-state index contributed by atoms with van der Waals surface area (Å²) in [5.41, 5.74) is 2.62. The minimum Gasteiger partial charge on any atom is -0.383 e. The topological polar surface area (TPSA) is 83.0 Å². The van der Waals surface area contributed by atoms with Crippen molar-refractivity contribution in [1.82, 2.24) is 19.6 Å². The van der Waals surface area contributed by atoms with Gasteiger partial charge < -0.3 is 4.74 Å². The molecule has 9 heteroatoms. The number of nitrogens with zero attached hydrogens (tertiary/aromatic N) is 6. The van der Waals surface area contributed by atoms with Crippen molar-refractivity contribution in [3.8, 4) is 0 Å². The van der Waals surface area contributed by atoms with Gasteiger partial charge in [-0.1, -0.05) is 11.6 Å². The molecule has 1 aromatic heterocycles. The van der Waals surface area contributed by atoms with Gasteiger partial charge in [-0.15, -0.1) is 9.78 Å². The second-order valence-electron chi connectivity index (χ2n) is 6.92. The maximum Gasteiger partial charge on any atom is 0.421 e. The predicted molar refractivity (Wildman–Crippen MR) is 100 cm³/mol. The quantitative estimate of drug-likeness (QED) is 0.559. The van der Waals surface area contributed by atoms with Crippen LogP contribution in [0.5, 0.6) is 0 Å². The fourth-order valence-corrected chi connectivity index (χ4v) is 3.35. The van der Waals surface area contributed by atoms with Gasteiger partial charge >= 0.3 is 12.0 Å². The summed E-state index contributed by atoms with van der Waals surface area (Å²) in [6.07, 6.45) is 0. The molecule has 3 rings (SSSR count). The molecule has 0 aromatic carbocycles. The van der Waals surface area contributed by atoms with Crippen LogP contribution in [0.1, 0.15) is 18.3 Å².